The van der Waals surface area contributed by atoms with Gasteiger partial charge in [-0.15, -0.1) is 11.8 Å². The summed E-state index contributed by atoms with van der Waals surface area (Å²) in [6.45, 7) is 7.03. The summed E-state index contributed by atoms with van der Waals surface area (Å²) in [5.74, 6) is 0.872. The van der Waals surface area contributed by atoms with Crippen molar-refractivity contribution < 1.29 is 19.1 Å². The van der Waals surface area contributed by atoms with E-state index >= 15 is 0 Å². The Morgan fingerprint density at radius 3 is 2.02 bits per heavy atom. The summed E-state index contributed by atoms with van der Waals surface area (Å²) in [6, 6.07) is 44.8. The van der Waals surface area contributed by atoms with Crippen LogP contribution in [0.1, 0.15) is 35.1 Å². The van der Waals surface area contributed by atoms with Crippen molar-refractivity contribution in [2.75, 3.05) is 52.1 Å². The molecule has 9 heteroatoms. The molecule has 0 unspecified atom stereocenters. The van der Waals surface area contributed by atoms with E-state index in [4.69, 9.17) is 9.47 Å². The third kappa shape index (κ3) is 11.3. The van der Waals surface area contributed by atoms with Crippen LogP contribution in [0.4, 0.5) is 4.79 Å². The number of carbonyl (C=O) groups excluding carboxylic acids is 2. The first-order valence-electron chi connectivity index (χ1n) is 20.2. The number of carbonyl (C=O) groups is 2. The zero-order valence-corrected chi connectivity index (χ0v) is 33.7. The molecule has 0 aromatic heterocycles. The van der Waals surface area contributed by atoms with Gasteiger partial charge >= 0.3 is 6.09 Å². The molecule has 5 aromatic rings. The molecule has 5 aromatic carbocycles. The number of hydrogen-bond acceptors (Lipinski definition) is 7. The maximum Gasteiger partial charge on any atom is 0.408 e. The fourth-order valence-corrected chi connectivity index (χ4v) is 8.56. The van der Waals surface area contributed by atoms with Gasteiger partial charge < -0.3 is 24.6 Å². The Kier molecular flexibility index (Phi) is 14.3. The van der Waals surface area contributed by atoms with Crippen LogP contribution < -0.4 is 10.1 Å². The second kappa shape index (κ2) is 20.4. The highest BCUT2D eigenvalue weighted by Crippen LogP contribution is 2.30. The van der Waals surface area contributed by atoms with Gasteiger partial charge in [-0.05, 0) is 96.1 Å². The second-order valence-electron chi connectivity index (χ2n) is 15.0. The van der Waals surface area contributed by atoms with Crippen LogP contribution >= 0.6 is 11.8 Å². The lowest BCUT2D eigenvalue weighted by Crippen LogP contribution is -2.58. The van der Waals surface area contributed by atoms with Crippen LogP contribution in [0.2, 0.25) is 0 Å². The van der Waals surface area contributed by atoms with Gasteiger partial charge in [-0.25, -0.2) is 4.79 Å². The van der Waals surface area contributed by atoms with E-state index in [0.717, 1.165) is 75.4 Å². The minimum atomic E-state index is -0.632. The van der Waals surface area contributed by atoms with E-state index in [0.29, 0.717) is 19.7 Å². The maximum atomic E-state index is 14.3. The first-order valence-corrected chi connectivity index (χ1v) is 21.4. The van der Waals surface area contributed by atoms with Crippen LogP contribution in [0.15, 0.2) is 138 Å². The van der Waals surface area contributed by atoms with Gasteiger partial charge in [-0.1, -0.05) is 115 Å². The maximum absolute atomic E-state index is 14.3. The van der Waals surface area contributed by atoms with Gasteiger partial charge in [-0.2, -0.15) is 0 Å². The number of amides is 2. The molecule has 0 aliphatic carbocycles. The van der Waals surface area contributed by atoms with Crippen molar-refractivity contribution in [2.24, 2.45) is 5.92 Å². The Hall–Kier alpha value is -5.09. The van der Waals surface area contributed by atoms with Gasteiger partial charge in [0.25, 0.3) is 0 Å². The molecule has 0 spiro atoms. The van der Waals surface area contributed by atoms with Gasteiger partial charge in [-0.3, -0.25) is 9.69 Å². The lowest BCUT2D eigenvalue weighted by atomic mass is 9.88. The highest BCUT2D eigenvalue weighted by Gasteiger charge is 2.36. The molecule has 296 valence electrons. The summed E-state index contributed by atoms with van der Waals surface area (Å²) >= 11 is 1.77. The predicted octanol–water partition coefficient (Wildman–Crippen LogP) is 8.55. The van der Waals surface area contributed by atoms with Crippen LogP contribution in [0.3, 0.4) is 0 Å². The molecule has 2 saturated heterocycles. The average Bonchev–Trinajstić information content (AvgIpc) is 3.27. The Labute approximate surface area is 342 Å². The van der Waals surface area contributed by atoms with E-state index in [1.54, 1.807) is 11.8 Å². The van der Waals surface area contributed by atoms with E-state index < -0.39 is 12.1 Å². The molecule has 1 N–H and O–H groups in total. The van der Waals surface area contributed by atoms with Gasteiger partial charge in [0.2, 0.25) is 5.91 Å². The molecule has 2 amide bonds. The Morgan fingerprint density at radius 1 is 0.702 bits per heavy atom. The Balaban J connectivity index is 0.972. The number of alkyl carbamates (subject to hydrolysis) is 1. The number of piperazine rings is 1. The van der Waals surface area contributed by atoms with Crippen molar-refractivity contribution in [2.45, 2.75) is 50.0 Å². The summed E-state index contributed by atoms with van der Waals surface area (Å²) in [7, 11) is 0. The Morgan fingerprint density at radius 2 is 1.33 bits per heavy atom. The molecule has 2 aliphatic rings. The Bertz CT molecular complexity index is 2020. The molecule has 0 radical (unpaired) electrons. The van der Waals surface area contributed by atoms with E-state index in [-0.39, 0.29) is 18.4 Å². The highest BCUT2D eigenvalue weighted by molar-refractivity contribution is 7.98. The minimum Gasteiger partial charge on any atom is -0.489 e. The molecule has 8 nitrogen and oxygen atoms in total. The molecule has 2 heterocycles. The molecule has 7 rings (SSSR count). The number of likely N-dealkylation sites (tertiary alicyclic amines) is 1. The van der Waals surface area contributed by atoms with Crippen molar-refractivity contribution in [3.8, 4) is 16.9 Å². The van der Waals surface area contributed by atoms with Crippen molar-refractivity contribution in [1.82, 2.24) is 20.0 Å². The van der Waals surface area contributed by atoms with Gasteiger partial charge in [0.05, 0.1) is 0 Å². The molecular formula is C48H54N4O4S. The molecule has 2 aliphatic heterocycles. The zero-order valence-electron chi connectivity index (χ0n) is 32.9. The SMILES string of the molecule is CSc1ccccc1CN1CCN(C(=O)[C@H](NC(=O)OCc2ccccc2)C2CCN(CCc3ccc(OCc4ccccc4)cc3-c3ccccc3)CC2)CC1. The second-order valence-corrected chi connectivity index (χ2v) is 15.8. The number of nitrogens with one attached hydrogen (secondary N) is 1. The number of thioether (sulfide) groups is 1. The van der Waals surface area contributed by atoms with Gasteiger partial charge in [0.15, 0.2) is 0 Å². The predicted molar refractivity (Wildman–Crippen MR) is 229 cm³/mol. The van der Waals surface area contributed by atoms with Crippen molar-refractivity contribution >= 4 is 23.8 Å². The molecule has 0 bridgehead atoms. The number of benzene rings is 5. The highest BCUT2D eigenvalue weighted by atomic mass is 32.2. The van der Waals surface area contributed by atoms with Crippen molar-refractivity contribution in [3.05, 3.63) is 156 Å². The third-order valence-corrected chi connectivity index (χ3v) is 12.1. The molecule has 2 fully saturated rings. The van der Waals surface area contributed by atoms with Crippen LogP contribution in [0.5, 0.6) is 5.75 Å². The normalized spacial score (nSPS) is 15.8. The van der Waals surface area contributed by atoms with Crippen LogP contribution in [0, 0.1) is 5.92 Å². The summed E-state index contributed by atoms with van der Waals surface area (Å²) in [4.78, 5) is 35.7. The third-order valence-electron chi connectivity index (χ3n) is 11.2. The number of rotatable bonds is 15. The number of hydrogen-bond donors (Lipinski definition) is 1. The van der Waals surface area contributed by atoms with Crippen molar-refractivity contribution in [1.29, 1.82) is 0 Å². The number of piperidine rings is 1. The standard InChI is InChI=1S/C48H54N4O4S/c1-57-45-20-12-11-19-42(45)34-51-29-31-52(32-30-51)47(53)46(49-48(54)56-36-38-15-7-3-8-16-38)41-24-27-50(28-25-41)26-23-40-21-22-43(55-35-37-13-5-2-6-14-37)33-44(40)39-17-9-4-10-18-39/h2-22,33,41,46H,23-32,34-36H2,1H3,(H,49,54)/t46-/m1/s1. The number of ether oxygens (including phenoxy) is 2. The quantitative estimate of drug-likeness (QED) is 0.107. The van der Waals surface area contributed by atoms with E-state index in [9.17, 15) is 9.59 Å². The lowest BCUT2D eigenvalue weighted by molar-refractivity contribution is -0.137. The fourth-order valence-electron chi connectivity index (χ4n) is 7.95. The molecule has 1 atom stereocenters. The zero-order chi connectivity index (χ0) is 39.2. The first-order chi connectivity index (χ1) is 28.0. The van der Waals surface area contributed by atoms with E-state index in [1.165, 1.54) is 27.1 Å². The smallest absolute Gasteiger partial charge is 0.408 e. The number of nitrogens with zero attached hydrogens (tertiary/aromatic N) is 3. The topological polar surface area (TPSA) is 74.3 Å². The summed E-state index contributed by atoms with van der Waals surface area (Å²) in [5.41, 5.74) is 7.01. The van der Waals surface area contributed by atoms with Crippen LogP contribution in [0.25, 0.3) is 11.1 Å². The summed E-state index contributed by atoms with van der Waals surface area (Å²) < 4.78 is 11.9. The molecule has 0 saturated carbocycles. The lowest BCUT2D eigenvalue weighted by Gasteiger charge is -2.40. The van der Waals surface area contributed by atoms with E-state index in [2.05, 4.69) is 100 Å². The molecular weight excluding hydrogens is 729 g/mol. The van der Waals surface area contributed by atoms with Crippen LogP contribution in [-0.2, 0) is 35.7 Å². The van der Waals surface area contributed by atoms with E-state index in [1.807, 2.05) is 59.5 Å². The van der Waals surface area contributed by atoms with Crippen molar-refractivity contribution in [3.63, 3.8) is 0 Å². The fraction of sp³-hybridized carbons (Fsp3) is 0.333. The van der Waals surface area contributed by atoms with Crippen LogP contribution in [-0.4, -0.2) is 84.8 Å². The van der Waals surface area contributed by atoms with Gasteiger partial charge in [0, 0.05) is 44.2 Å². The summed E-state index contributed by atoms with van der Waals surface area (Å²) in [6.07, 6.45) is 4.10. The summed E-state index contributed by atoms with van der Waals surface area (Å²) in [5, 5.41) is 3.05. The van der Waals surface area contributed by atoms with Gasteiger partial charge in [0.1, 0.15) is 25.0 Å². The molecule has 57 heavy (non-hydrogen) atoms. The average molecular weight is 783 g/mol. The monoisotopic (exact) mass is 782 g/mol. The minimum absolute atomic E-state index is 0.00338. The largest absolute Gasteiger partial charge is 0.489 e. The first kappa shape index (κ1) is 40.1.